The van der Waals surface area contributed by atoms with Gasteiger partial charge in [0.15, 0.2) is 0 Å². The van der Waals surface area contributed by atoms with Gasteiger partial charge in [-0.25, -0.2) is 0 Å². The summed E-state index contributed by atoms with van der Waals surface area (Å²) in [6.07, 6.45) is 6.65. The lowest BCUT2D eigenvalue weighted by molar-refractivity contribution is -0.140. The van der Waals surface area contributed by atoms with Gasteiger partial charge in [0.25, 0.3) is 11.8 Å². The zero-order valence-corrected chi connectivity index (χ0v) is 16.2. The van der Waals surface area contributed by atoms with Gasteiger partial charge in [0, 0.05) is 0 Å². The van der Waals surface area contributed by atoms with Crippen LogP contribution in [0.4, 0.5) is 0 Å². The van der Waals surface area contributed by atoms with Gasteiger partial charge in [0.2, 0.25) is 0 Å². The van der Waals surface area contributed by atoms with Crippen LogP contribution in [0.3, 0.4) is 0 Å². The zero-order chi connectivity index (χ0) is 20.0. The van der Waals surface area contributed by atoms with Gasteiger partial charge in [-0.15, -0.1) is 0 Å². The Balaban J connectivity index is 1.27. The van der Waals surface area contributed by atoms with E-state index in [2.05, 4.69) is 36.3 Å². The van der Waals surface area contributed by atoms with Crippen molar-refractivity contribution in [2.75, 3.05) is 0 Å². The highest BCUT2D eigenvalue weighted by atomic mass is 16.5. The summed E-state index contributed by atoms with van der Waals surface area (Å²) >= 11 is 0. The standard InChI is InChI=1S/C24H22N2O3/c1-15-5-7-16(8-6-15)14-29-20-4-2-3-17(11-20)13-25-26-23(27)21-18-9-10-19(12-18)22(21)24(26)28/h2-11,13,18-19,21-22H,12,14H2,1H3/b25-13-/t18-,19-,21-,22-/m0/s1. The molecule has 29 heavy (non-hydrogen) atoms. The van der Waals surface area contributed by atoms with Crippen LogP contribution in [0, 0.1) is 30.6 Å². The third-order valence-electron chi connectivity index (χ3n) is 6.15. The molecule has 1 saturated heterocycles. The lowest BCUT2D eigenvalue weighted by atomic mass is 9.85. The van der Waals surface area contributed by atoms with Crippen LogP contribution in [0.1, 0.15) is 23.1 Å². The summed E-state index contributed by atoms with van der Waals surface area (Å²) in [4.78, 5) is 25.4. The van der Waals surface area contributed by atoms with E-state index in [1.807, 2.05) is 36.4 Å². The van der Waals surface area contributed by atoms with E-state index in [0.29, 0.717) is 12.4 Å². The van der Waals surface area contributed by atoms with E-state index in [1.165, 1.54) is 5.56 Å². The smallest absolute Gasteiger partial charge is 0.254 e. The van der Waals surface area contributed by atoms with Crippen molar-refractivity contribution >= 4 is 18.0 Å². The predicted octanol–water partition coefficient (Wildman–Crippen LogP) is 3.72. The molecule has 2 aliphatic carbocycles. The number of nitrogens with zero attached hydrogens (tertiary/aromatic N) is 2. The number of aryl methyl sites for hydroxylation is 1. The van der Waals surface area contributed by atoms with Crippen molar-refractivity contribution in [2.24, 2.45) is 28.8 Å². The Morgan fingerprint density at radius 3 is 2.41 bits per heavy atom. The lowest BCUT2D eigenvalue weighted by Gasteiger charge is -2.13. The Morgan fingerprint density at radius 1 is 1.03 bits per heavy atom. The molecule has 2 aromatic carbocycles. The Labute approximate surface area is 169 Å². The normalized spacial score (nSPS) is 27.3. The van der Waals surface area contributed by atoms with Gasteiger partial charge in [0.1, 0.15) is 12.4 Å². The van der Waals surface area contributed by atoms with Crippen LogP contribution in [-0.2, 0) is 16.2 Å². The number of hydrazone groups is 1. The molecular formula is C24H22N2O3. The predicted molar refractivity (Wildman–Crippen MR) is 109 cm³/mol. The first-order chi connectivity index (χ1) is 14.1. The first-order valence-electron chi connectivity index (χ1n) is 9.99. The summed E-state index contributed by atoms with van der Waals surface area (Å²) < 4.78 is 5.87. The summed E-state index contributed by atoms with van der Waals surface area (Å²) in [6, 6.07) is 15.7. The van der Waals surface area contributed by atoms with Gasteiger partial charge in [0.05, 0.1) is 18.1 Å². The van der Waals surface area contributed by atoms with Crippen molar-refractivity contribution in [1.82, 2.24) is 5.01 Å². The molecule has 2 aromatic rings. The van der Waals surface area contributed by atoms with Crippen molar-refractivity contribution in [3.63, 3.8) is 0 Å². The molecule has 5 nitrogen and oxygen atoms in total. The molecule has 1 saturated carbocycles. The highest BCUT2D eigenvalue weighted by molar-refractivity contribution is 6.06. The molecule has 0 N–H and O–H groups in total. The van der Waals surface area contributed by atoms with E-state index in [4.69, 9.17) is 4.74 Å². The maximum Gasteiger partial charge on any atom is 0.254 e. The Morgan fingerprint density at radius 2 is 1.72 bits per heavy atom. The molecule has 2 amide bonds. The molecular weight excluding hydrogens is 364 g/mol. The van der Waals surface area contributed by atoms with Crippen molar-refractivity contribution in [3.8, 4) is 5.75 Å². The van der Waals surface area contributed by atoms with Crippen LogP contribution in [0.2, 0.25) is 0 Å². The molecule has 1 heterocycles. The summed E-state index contributed by atoms with van der Waals surface area (Å²) in [5, 5.41) is 5.30. The first kappa shape index (κ1) is 17.9. The number of allylic oxidation sites excluding steroid dienone is 2. The zero-order valence-electron chi connectivity index (χ0n) is 16.2. The van der Waals surface area contributed by atoms with Gasteiger partial charge in [-0.3, -0.25) is 9.59 Å². The lowest BCUT2D eigenvalue weighted by Crippen LogP contribution is -2.28. The molecule has 5 heteroatoms. The fraction of sp³-hybridized carbons (Fsp3) is 0.292. The SMILES string of the molecule is Cc1ccc(COc2cccc(/C=N\N3C(=O)[C@@H]4[C@@H](C3=O)[C@H]3C=C[C@H]4C3)c2)cc1. The van der Waals surface area contributed by atoms with Crippen molar-refractivity contribution < 1.29 is 14.3 Å². The molecule has 4 atom stereocenters. The topological polar surface area (TPSA) is 59.0 Å². The van der Waals surface area contributed by atoms with Crippen molar-refractivity contribution in [2.45, 2.75) is 20.0 Å². The van der Waals surface area contributed by atoms with Crippen LogP contribution >= 0.6 is 0 Å². The Hall–Kier alpha value is -3.21. The minimum atomic E-state index is -0.223. The number of carbonyl (C=O) groups is 2. The fourth-order valence-electron chi connectivity index (χ4n) is 4.66. The average Bonchev–Trinajstić information content (AvgIpc) is 3.41. The summed E-state index contributed by atoms with van der Waals surface area (Å²) in [5.74, 6) is 0.324. The molecule has 3 aliphatic rings. The maximum atomic E-state index is 12.7. The van der Waals surface area contributed by atoms with Gasteiger partial charge >= 0.3 is 0 Å². The number of imide groups is 1. The van der Waals surface area contributed by atoms with E-state index in [0.717, 1.165) is 22.6 Å². The minimum Gasteiger partial charge on any atom is -0.489 e. The highest BCUT2D eigenvalue weighted by Crippen LogP contribution is 2.52. The number of hydrogen-bond donors (Lipinski definition) is 0. The number of ether oxygens (including phenoxy) is 1. The van der Waals surface area contributed by atoms with Crippen molar-refractivity contribution in [3.05, 3.63) is 77.4 Å². The number of amides is 2. The van der Waals surface area contributed by atoms with Crippen molar-refractivity contribution in [1.29, 1.82) is 0 Å². The molecule has 1 aliphatic heterocycles. The Bertz CT molecular complexity index is 995. The third kappa shape index (κ3) is 3.16. The number of rotatable bonds is 5. The minimum absolute atomic E-state index is 0.167. The second-order valence-electron chi connectivity index (χ2n) is 8.08. The molecule has 2 bridgehead atoms. The summed E-state index contributed by atoms with van der Waals surface area (Å²) in [7, 11) is 0. The molecule has 146 valence electrons. The first-order valence-corrected chi connectivity index (χ1v) is 9.99. The summed E-state index contributed by atoms with van der Waals surface area (Å²) in [6.45, 7) is 2.53. The van der Waals surface area contributed by atoms with E-state index in [1.54, 1.807) is 6.21 Å². The Kier molecular flexibility index (Phi) is 4.31. The molecule has 2 fully saturated rings. The fourth-order valence-corrected chi connectivity index (χ4v) is 4.66. The van der Waals surface area contributed by atoms with Crippen LogP contribution in [0.15, 0.2) is 65.8 Å². The van der Waals surface area contributed by atoms with Crippen LogP contribution < -0.4 is 4.74 Å². The monoisotopic (exact) mass is 386 g/mol. The van der Waals surface area contributed by atoms with Gasteiger partial charge in [-0.2, -0.15) is 10.1 Å². The number of carbonyl (C=O) groups excluding carboxylic acids is 2. The van der Waals surface area contributed by atoms with E-state index < -0.39 is 0 Å². The molecule has 5 rings (SSSR count). The van der Waals surface area contributed by atoms with Gasteiger partial charge < -0.3 is 4.74 Å². The van der Waals surface area contributed by atoms with Crippen LogP contribution in [0.25, 0.3) is 0 Å². The van der Waals surface area contributed by atoms with Crippen LogP contribution in [-0.4, -0.2) is 23.0 Å². The molecule has 0 unspecified atom stereocenters. The van der Waals surface area contributed by atoms with Gasteiger partial charge in [-0.1, -0.05) is 54.1 Å². The molecule has 0 aromatic heterocycles. The number of fused-ring (bicyclic) bond motifs is 5. The average molecular weight is 386 g/mol. The molecule has 0 radical (unpaired) electrons. The van der Waals surface area contributed by atoms with Crippen LogP contribution in [0.5, 0.6) is 5.75 Å². The third-order valence-corrected chi connectivity index (χ3v) is 6.15. The highest BCUT2D eigenvalue weighted by Gasteiger charge is 2.59. The second-order valence-corrected chi connectivity index (χ2v) is 8.08. The second kappa shape index (κ2) is 6.99. The van der Waals surface area contributed by atoms with E-state index in [9.17, 15) is 9.59 Å². The number of hydrogen-bond acceptors (Lipinski definition) is 4. The van der Waals surface area contributed by atoms with E-state index >= 15 is 0 Å². The maximum absolute atomic E-state index is 12.7. The largest absolute Gasteiger partial charge is 0.489 e. The molecule has 0 spiro atoms. The van der Waals surface area contributed by atoms with Gasteiger partial charge in [-0.05, 0) is 48.4 Å². The number of benzene rings is 2. The van der Waals surface area contributed by atoms with E-state index in [-0.39, 0.29) is 35.5 Å². The summed E-state index contributed by atoms with van der Waals surface area (Å²) in [5.41, 5.74) is 3.09. The quantitative estimate of drug-likeness (QED) is 0.447.